The van der Waals surface area contributed by atoms with Crippen molar-refractivity contribution in [3.05, 3.63) is 63.9 Å². The zero-order valence-electron chi connectivity index (χ0n) is 21.9. The van der Waals surface area contributed by atoms with E-state index < -0.39 is 34.8 Å². The fourth-order valence-corrected chi connectivity index (χ4v) is 6.87. The van der Waals surface area contributed by atoms with Crippen LogP contribution in [0.3, 0.4) is 0 Å². The fourth-order valence-electron chi connectivity index (χ4n) is 6.69. The molecule has 0 bridgehead atoms. The van der Waals surface area contributed by atoms with Crippen molar-refractivity contribution in [2.75, 3.05) is 5.32 Å². The summed E-state index contributed by atoms with van der Waals surface area (Å²) >= 11 is 6.24. The van der Waals surface area contributed by atoms with Crippen molar-refractivity contribution < 1.29 is 19.1 Å². The minimum atomic E-state index is -1.23. The molecule has 6 nitrogen and oxygen atoms in total. The SMILES string of the molecule is Cc1ccc2c(c1)NC(=O)[C@@]21[C@H](CC(C)(C)C)N[C@@H](C(=O)NC2CC(C)(O)C2)[C@@H]1c1cccc(Cl)c1F. The van der Waals surface area contributed by atoms with Crippen LogP contribution in [0.5, 0.6) is 0 Å². The Bertz CT molecular complexity index is 1270. The molecular weight excluding hydrogens is 493 g/mol. The Hall–Kier alpha value is -2.48. The van der Waals surface area contributed by atoms with Crippen LogP contribution in [0, 0.1) is 18.2 Å². The van der Waals surface area contributed by atoms with Crippen molar-refractivity contribution in [2.45, 2.75) is 88.9 Å². The number of aliphatic hydroxyl groups is 1. The van der Waals surface area contributed by atoms with Gasteiger partial charge in [0.15, 0.2) is 0 Å². The molecule has 1 saturated heterocycles. The molecule has 2 aromatic carbocycles. The topological polar surface area (TPSA) is 90.5 Å². The quantitative estimate of drug-likeness (QED) is 0.469. The lowest BCUT2D eigenvalue weighted by molar-refractivity contribution is -0.127. The summed E-state index contributed by atoms with van der Waals surface area (Å²) in [7, 11) is 0. The number of nitrogens with one attached hydrogen (secondary N) is 3. The predicted octanol–water partition coefficient (Wildman–Crippen LogP) is 4.57. The highest BCUT2D eigenvalue weighted by molar-refractivity contribution is 6.30. The van der Waals surface area contributed by atoms with Gasteiger partial charge in [0.2, 0.25) is 11.8 Å². The molecule has 2 aromatic rings. The van der Waals surface area contributed by atoms with Gasteiger partial charge in [0.1, 0.15) is 11.2 Å². The van der Waals surface area contributed by atoms with Gasteiger partial charge in [-0.05, 0) is 67.3 Å². The number of carbonyl (C=O) groups is 2. The van der Waals surface area contributed by atoms with Crippen molar-refractivity contribution in [1.82, 2.24) is 10.6 Å². The second-order valence-corrected chi connectivity index (χ2v) is 13.0. The van der Waals surface area contributed by atoms with E-state index in [1.807, 2.05) is 25.1 Å². The first kappa shape index (κ1) is 26.1. The average Bonchev–Trinajstić information content (AvgIpc) is 3.23. The van der Waals surface area contributed by atoms with E-state index in [-0.39, 0.29) is 33.9 Å². The Balaban J connectivity index is 1.69. The Morgan fingerprint density at radius 1 is 1.24 bits per heavy atom. The summed E-state index contributed by atoms with van der Waals surface area (Å²) in [6.07, 6.45) is 1.47. The van der Waals surface area contributed by atoms with Crippen molar-refractivity contribution in [3.63, 3.8) is 0 Å². The number of hydrogen-bond acceptors (Lipinski definition) is 4. The first-order chi connectivity index (χ1) is 17.2. The first-order valence-corrected chi connectivity index (χ1v) is 13.3. The van der Waals surface area contributed by atoms with Crippen LogP contribution < -0.4 is 16.0 Å². The zero-order chi connectivity index (χ0) is 26.9. The number of benzene rings is 2. The molecular formula is C29H35ClFN3O3. The number of carbonyl (C=O) groups excluding carboxylic acids is 2. The van der Waals surface area contributed by atoms with E-state index in [9.17, 15) is 14.7 Å². The highest BCUT2D eigenvalue weighted by atomic mass is 35.5. The van der Waals surface area contributed by atoms with Gasteiger partial charge < -0.3 is 21.1 Å². The minimum absolute atomic E-state index is 0.0522. The third kappa shape index (κ3) is 4.35. The lowest BCUT2D eigenvalue weighted by Crippen LogP contribution is -2.57. The van der Waals surface area contributed by atoms with E-state index in [0.717, 1.165) is 11.1 Å². The van der Waals surface area contributed by atoms with Gasteiger partial charge in [0.25, 0.3) is 0 Å². The van der Waals surface area contributed by atoms with Crippen molar-refractivity contribution >= 4 is 29.1 Å². The molecule has 198 valence electrons. The van der Waals surface area contributed by atoms with Crippen LogP contribution >= 0.6 is 11.6 Å². The molecule has 1 aliphatic carbocycles. The molecule has 2 aliphatic heterocycles. The van der Waals surface area contributed by atoms with Crippen LogP contribution in [0.15, 0.2) is 36.4 Å². The monoisotopic (exact) mass is 527 g/mol. The minimum Gasteiger partial charge on any atom is -0.390 e. The summed E-state index contributed by atoms with van der Waals surface area (Å²) < 4.78 is 15.7. The maximum Gasteiger partial charge on any atom is 0.238 e. The van der Waals surface area contributed by atoms with Crippen molar-refractivity contribution in [3.8, 4) is 0 Å². The van der Waals surface area contributed by atoms with Crippen LogP contribution in [-0.4, -0.2) is 40.6 Å². The summed E-state index contributed by atoms with van der Waals surface area (Å²) in [5.41, 5.74) is 0.456. The number of amides is 2. The van der Waals surface area contributed by atoms with Gasteiger partial charge in [0.05, 0.1) is 16.7 Å². The van der Waals surface area contributed by atoms with Gasteiger partial charge in [-0.25, -0.2) is 4.39 Å². The van der Waals surface area contributed by atoms with Crippen molar-refractivity contribution in [1.29, 1.82) is 0 Å². The molecule has 2 amide bonds. The second-order valence-electron chi connectivity index (χ2n) is 12.6. The molecule has 8 heteroatoms. The van der Waals surface area contributed by atoms with Gasteiger partial charge >= 0.3 is 0 Å². The highest BCUT2D eigenvalue weighted by Crippen LogP contribution is 2.57. The van der Waals surface area contributed by atoms with Crippen molar-refractivity contribution in [2.24, 2.45) is 5.41 Å². The Morgan fingerprint density at radius 2 is 1.95 bits per heavy atom. The Labute approximate surface area is 222 Å². The summed E-state index contributed by atoms with van der Waals surface area (Å²) in [5.74, 6) is -2.03. The third-order valence-electron chi connectivity index (χ3n) is 8.13. The van der Waals surface area contributed by atoms with Gasteiger partial charge in [-0.1, -0.05) is 56.6 Å². The summed E-state index contributed by atoms with van der Waals surface area (Å²) in [6.45, 7) is 9.96. The lowest BCUT2D eigenvalue weighted by atomic mass is 9.62. The van der Waals surface area contributed by atoms with Crippen LogP contribution in [0.25, 0.3) is 0 Å². The van der Waals surface area contributed by atoms with E-state index in [1.54, 1.807) is 19.1 Å². The molecule has 37 heavy (non-hydrogen) atoms. The molecule has 3 aliphatic rings. The summed E-state index contributed by atoms with van der Waals surface area (Å²) in [6, 6.07) is 9.05. The fraction of sp³-hybridized carbons (Fsp3) is 0.517. The molecule has 4 atom stereocenters. The zero-order valence-corrected chi connectivity index (χ0v) is 22.7. The highest BCUT2D eigenvalue weighted by Gasteiger charge is 2.66. The van der Waals surface area contributed by atoms with E-state index in [2.05, 4.69) is 36.7 Å². The summed E-state index contributed by atoms with van der Waals surface area (Å²) in [5, 5.41) is 19.7. The molecule has 0 radical (unpaired) electrons. The molecule has 5 rings (SSSR count). The molecule has 2 heterocycles. The molecule has 0 unspecified atom stereocenters. The molecule has 2 fully saturated rings. The van der Waals surface area contributed by atoms with Crippen LogP contribution in [-0.2, 0) is 15.0 Å². The number of halogens is 2. The third-order valence-corrected chi connectivity index (χ3v) is 8.43. The smallest absolute Gasteiger partial charge is 0.238 e. The van der Waals surface area contributed by atoms with Crippen LogP contribution in [0.1, 0.15) is 69.6 Å². The first-order valence-electron chi connectivity index (χ1n) is 12.9. The maximum absolute atomic E-state index is 15.7. The number of hydrogen-bond donors (Lipinski definition) is 4. The number of anilines is 1. The van der Waals surface area contributed by atoms with E-state index in [0.29, 0.717) is 24.9 Å². The summed E-state index contributed by atoms with van der Waals surface area (Å²) in [4.78, 5) is 27.9. The standard InChI is InChI=1S/C29H35ClFN3O3/c1-15-9-10-18-20(11-15)33-26(36)29(18)21(14-27(2,3)4)34-24(25(35)32-16-12-28(5,37)13-16)22(29)17-7-6-8-19(30)23(17)31/h6-11,16,21-22,24,34,37H,12-14H2,1-5H3,(H,32,35)(H,33,36)/t16?,21-,22-,24+,28?,29+/m0/s1. The normalized spacial score (nSPS) is 32.7. The molecule has 1 saturated carbocycles. The predicted molar refractivity (Wildman–Crippen MR) is 142 cm³/mol. The second kappa shape index (κ2) is 8.79. The van der Waals surface area contributed by atoms with E-state index in [4.69, 9.17) is 11.6 Å². The van der Waals surface area contributed by atoms with Crippen LogP contribution in [0.4, 0.5) is 10.1 Å². The molecule has 4 N–H and O–H groups in total. The number of aryl methyl sites for hydroxylation is 1. The van der Waals surface area contributed by atoms with Crippen LogP contribution in [0.2, 0.25) is 5.02 Å². The lowest BCUT2D eigenvalue weighted by Gasteiger charge is -2.42. The van der Waals surface area contributed by atoms with Gasteiger partial charge in [-0.3, -0.25) is 9.59 Å². The average molecular weight is 528 g/mol. The van der Waals surface area contributed by atoms with E-state index in [1.165, 1.54) is 6.07 Å². The Morgan fingerprint density at radius 3 is 2.59 bits per heavy atom. The largest absolute Gasteiger partial charge is 0.390 e. The Kier molecular flexibility index (Phi) is 6.21. The van der Waals surface area contributed by atoms with Gasteiger partial charge in [-0.15, -0.1) is 0 Å². The maximum atomic E-state index is 15.7. The number of rotatable bonds is 4. The molecule has 1 spiro atoms. The van der Waals surface area contributed by atoms with Gasteiger partial charge in [0, 0.05) is 23.7 Å². The molecule has 0 aromatic heterocycles. The number of fused-ring (bicyclic) bond motifs is 2. The van der Waals surface area contributed by atoms with Gasteiger partial charge in [-0.2, -0.15) is 0 Å². The van der Waals surface area contributed by atoms with E-state index >= 15 is 4.39 Å².